The van der Waals surface area contributed by atoms with Crippen LogP contribution in [0.3, 0.4) is 0 Å². The predicted molar refractivity (Wildman–Crippen MR) is 72.9 cm³/mol. The van der Waals surface area contributed by atoms with Gasteiger partial charge in [0.25, 0.3) is 0 Å². The number of carbonyl (C=O) groups is 1. The average Bonchev–Trinajstić information content (AvgIpc) is 2.71. The SMILES string of the molecule is CC(C)(C)C1(/C=C/c2ccccc2)C=CC(=O)O1. The smallest absolute Gasteiger partial charge is 0.331 e. The van der Waals surface area contributed by atoms with E-state index in [1.165, 1.54) is 6.08 Å². The summed E-state index contributed by atoms with van der Waals surface area (Å²) < 4.78 is 5.50. The lowest BCUT2D eigenvalue weighted by Gasteiger charge is -2.36. The van der Waals surface area contributed by atoms with Gasteiger partial charge in [0.05, 0.1) is 0 Å². The van der Waals surface area contributed by atoms with E-state index in [0.29, 0.717) is 0 Å². The number of hydrogen-bond donors (Lipinski definition) is 0. The lowest BCUT2D eigenvalue weighted by molar-refractivity contribution is -0.148. The van der Waals surface area contributed by atoms with Crippen LogP contribution in [0.1, 0.15) is 26.3 Å². The molecule has 18 heavy (non-hydrogen) atoms. The molecule has 1 aromatic rings. The topological polar surface area (TPSA) is 26.3 Å². The molecule has 0 N–H and O–H groups in total. The maximum atomic E-state index is 11.4. The van der Waals surface area contributed by atoms with Crippen molar-refractivity contribution < 1.29 is 9.53 Å². The molecule has 0 spiro atoms. The maximum absolute atomic E-state index is 11.4. The van der Waals surface area contributed by atoms with Gasteiger partial charge in [0, 0.05) is 11.5 Å². The molecule has 1 aliphatic rings. The molecule has 0 saturated carbocycles. The molecular weight excluding hydrogens is 224 g/mol. The molecule has 2 heteroatoms. The van der Waals surface area contributed by atoms with Crippen LogP contribution in [-0.4, -0.2) is 11.6 Å². The van der Waals surface area contributed by atoms with Gasteiger partial charge in [0.15, 0.2) is 5.60 Å². The zero-order valence-electron chi connectivity index (χ0n) is 11.0. The Morgan fingerprint density at radius 1 is 1.17 bits per heavy atom. The molecule has 2 rings (SSSR count). The molecule has 2 nitrogen and oxygen atoms in total. The minimum atomic E-state index is -0.653. The van der Waals surface area contributed by atoms with E-state index in [9.17, 15) is 4.79 Å². The molecule has 0 bridgehead atoms. The Bertz CT molecular complexity index is 492. The second-order valence-corrected chi connectivity index (χ2v) is 5.54. The maximum Gasteiger partial charge on any atom is 0.331 e. The van der Waals surface area contributed by atoms with Gasteiger partial charge in [-0.2, -0.15) is 0 Å². The molecule has 1 aliphatic heterocycles. The second-order valence-electron chi connectivity index (χ2n) is 5.54. The van der Waals surface area contributed by atoms with Gasteiger partial charge < -0.3 is 4.74 Å². The van der Waals surface area contributed by atoms with E-state index >= 15 is 0 Å². The summed E-state index contributed by atoms with van der Waals surface area (Å²) >= 11 is 0. The van der Waals surface area contributed by atoms with E-state index in [4.69, 9.17) is 4.74 Å². The van der Waals surface area contributed by atoms with Crippen molar-refractivity contribution in [1.29, 1.82) is 0 Å². The standard InChI is InChI=1S/C16H18O2/c1-15(2,3)16(12-10-14(17)18-16)11-9-13-7-5-4-6-8-13/h4-12H,1-3H3/b11-9+. The van der Waals surface area contributed by atoms with Crippen LogP contribution in [0, 0.1) is 5.41 Å². The first-order chi connectivity index (χ1) is 8.43. The molecule has 0 aromatic heterocycles. The summed E-state index contributed by atoms with van der Waals surface area (Å²) in [6.07, 6.45) is 7.30. The lowest BCUT2D eigenvalue weighted by atomic mass is 9.76. The van der Waals surface area contributed by atoms with Crippen molar-refractivity contribution in [3.8, 4) is 0 Å². The average molecular weight is 242 g/mol. The molecule has 1 heterocycles. The summed E-state index contributed by atoms with van der Waals surface area (Å²) in [6.45, 7) is 6.18. The third-order valence-corrected chi connectivity index (χ3v) is 3.23. The van der Waals surface area contributed by atoms with Crippen LogP contribution >= 0.6 is 0 Å². The number of carbonyl (C=O) groups excluding carboxylic acids is 1. The zero-order valence-corrected chi connectivity index (χ0v) is 11.0. The third-order valence-electron chi connectivity index (χ3n) is 3.23. The first-order valence-corrected chi connectivity index (χ1v) is 6.09. The molecule has 1 aromatic carbocycles. The number of cyclic esters (lactones) is 1. The van der Waals surface area contributed by atoms with Crippen molar-refractivity contribution in [2.45, 2.75) is 26.4 Å². The summed E-state index contributed by atoms with van der Waals surface area (Å²) in [7, 11) is 0. The highest BCUT2D eigenvalue weighted by Crippen LogP contribution is 2.39. The number of hydrogen-bond acceptors (Lipinski definition) is 2. The van der Waals surface area contributed by atoms with E-state index < -0.39 is 5.60 Å². The van der Waals surface area contributed by atoms with E-state index in [0.717, 1.165) is 5.56 Å². The van der Waals surface area contributed by atoms with Crippen LogP contribution in [-0.2, 0) is 9.53 Å². The second kappa shape index (κ2) is 4.45. The fourth-order valence-electron chi connectivity index (χ4n) is 1.95. The van der Waals surface area contributed by atoms with Crippen molar-refractivity contribution in [2.24, 2.45) is 5.41 Å². The summed E-state index contributed by atoms with van der Waals surface area (Å²) in [5.41, 5.74) is 0.262. The van der Waals surface area contributed by atoms with Gasteiger partial charge in [-0.3, -0.25) is 0 Å². The molecule has 0 radical (unpaired) electrons. The monoisotopic (exact) mass is 242 g/mol. The fraction of sp³-hybridized carbons (Fsp3) is 0.312. The van der Waals surface area contributed by atoms with Crippen LogP contribution in [0.15, 0.2) is 48.6 Å². The van der Waals surface area contributed by atoms with Crippen molar-refractivity contribution in [3.05, 3.63) is 54.1 Å². The van der Waals surface area contributed by atoms with Crippen molar-refractivity contribution >= 4 is 12.0 Å². The predicted octanol–water partition coefficient (Wildman–Crippen LogP) is 3.60. The van der Waals surface area contributed by atoms with E-state index in [1.54, 1.807) is 0 Å². The Hall–Kier alpha value is -1.83. The fourth-order valence-corrected chi connectivity index (χ4v) is 1.95. The van der Waals surface area contributed by atoms with Gasteiger partial charge in [0.1, 0.15) is 0 Å². The third kappa shape index (κ3) is 2.37. The summed E-state index contributed by atoms with van der Waals surface area (Å²) in [4.78, 5) is 11.4. The van der Waals surface area contributed by atoms with E-state index in [2.05, 4.69) is 20.8 Å². The number of benzene rings is 1. The Kier molecular flexibility index (Phi) is 3.12. The molecule has 1 atom stereocenters. The molecule has 0 amide bonds. The van der Waals surface area contributed by atoms with Crippen LogP contribution in [0.4, 0.5) is 0 Å². The highest BCUT2D eigenvalue weighted by Gasteiger charge is 2.44. The summed E-state index contributed by atoms with van der Waals surface area (Å²) in [6, 6.07) is 9.99. The number of rotatable bonds is 2. The lowest BCUT2D eigenvalue weighted by Crippen LogP contribution is -2.40. The van der Waals surface area contributed by atoms with Gasteiger partial charge in [-0.25, -0.2) is 4.79 Å². The van der Waals surface area contributed by atoms with Gasteiger partial charge in [-0.05, 0) is 17.7 Å². The Morgan fingerprint density at radius 3 is 2.33 bits per heavy atom. The normalized spacial score (nSPS) is 23.6. The van der Waals surface area contributed by atoms with Gasteiger partial charge in [-0.1, -0.05) is 57.2 Å². The van der Waals surface area contributed by atoms with Crippen molar-refractivity contribution in [1.82, 2.24) is 0 Å². The summed E-state index contributed by atoms with van der Waals surface area (Å²) in [5, 5.41) is 0. The number of ether oxygens (including phenoxy) is 1. The Balaban J connectivity index is 2.31. The van der Waals surface area contributed by atoms with E-state index in [-0.39, 0.29) is 11.4 Å². The molecule has 1 unspecified atom stereocenters. The Morgan fingerprint density at radius 2 is 1.83 bits per heavy atom. The van der Waals surface area contributed by atoms with Crippen LogP contribution in [0.25, 0.3) is 6.08 Å². The van der Waals surface area contributed by atoms with Crippen molar-refractivity contribution in [2.75, 3.05) is 0 Å². The van der Waals surface area contributed by atoms with Gasteiger partial charge in [-0.15, -0.1) is 0 Å². The molecule has 0 aliphatic carbocycles. The van der Waals surface area contributed by atoms with Crippen LogP contribution < -0.4 is 0 Å². The molecule has 0 saturated heterocycles. The zero-order chi connectivity index (χ0) is 13.2. The molecule has 94 valence electrons. The highest BCUT2D eigenvalue weighted by molar-refractivity contribution is 5.86. The van der Waals surface area contributed by atoms with E-state index in [1.807, 2.05) is 48.6 Å². The van der Waals surface area contributed by atoms with Crippen molar-refractivity contribution in [3.63, 3.8) is 0 Å². The minimum Gasteiger partial charge on any atom is -0.447 e. The first-order valence-electron chi connectivity index (χ1n) is 6.09. The quantitative estimate of drug-likeness (QED) is 0.741. The highest BCUT2D eigenvalue weighted by atomic mass is 16.6. The molecule has 0 fully saturated rings. The number of esters is 1. The first kappa shape index (κ1) is 12.6. The molecular formula is C16H18O2. The van der Waals surface area contributed by atoms with Crippen LogP contribution in [0.5, 0.6) is 0 Å². The van der Waals surface area contributed by atoms with Crippen LogP contribution in [0.2, 0.25) is 0 Å². The Labute approximate surface area is 108 Å². The van der Waals surface area contributed by atoms with Gasteiger partial charge in [0.2, 0.25) is 0 Å². The summed E-state index contributed by atoms with van der Waals surface area (Å²) in [5.74, 6) is -0.275. The minimum absolute atomic E-state index is 0.180. The van der Waals surface area contributed by atoms with Gasteiger partial charge >= 0.3 is 5.97 Å². The largest absolute Gasteiger partial charge is 0.447 e.